The molecule has 59 heavy (non-hydrogen) atoms. The summed E-state index contributed by atoms with van der Waals surface area (Å²) in [4.78, 5) is 37.9. The molecule has 348 valence electrons. The molecule has 0 unspecified atom stereocenters. The third kappa shape index (κ3) is 47.1. The molecule has 0 amide bonds. The van der Waals surface area contributed by atoms with Gasteiger partial charge in [-0.2, -0.15) is 0 Å². The molecular weight excluding hydrogens is 733 g/mol. The average Bonchev–Trinajstić information content (AvgIpc) is 3.23. The predicted molar refractivity (Wildman–Crippen MR) is 252 cm³/mol. The molecular formula is C53H100O6. The van der Waals surface area contributed by atoms with Crippen molar-refractivity contribution in [2.75, 3.05) is 13.2 Å². The van der Waals surface area contributed by atoms with Gasteiger partial charge < -0.3 is 14.2 Å². The van der Waals surface area contributed by atoms with Crippen LogP contribution in [-0.2, 0) is 28.6 Å². The van der Waals surface area contributed by atoms with Crippen molar-refractivity contribution in [3.63, 3.8) is 0 Å². The van der Waals surface area contributed by atoms with E-state index in [0.29, 0.717) is 19.3 Å². The van der Waals surface area contributed by atoms with Crippen molar-refractivity contribution in [2.24, 2.45) is 0 Å². The van der Waals surface area contributed by atoms with Crippen LogP contribution in [0.15, 0.2) is 12.2 Å². The van der Waals surface area contributed by atoms with Gasteiger partial charge in [0.15, 0.2) is 6.10 Å². The minimum atomic E-state index is -0.767. The molecule has 0 rings (SSSR count). The Hall–Kier alpha value is -1.85. The van der Waals surface area contributed by atoms with Gasteiger partial charge in [-0.25, -0.2) is 0 Å². The lowest BCUT2D eigenvalue weighted by Crippen LogP contribution is -2.30. The zero-order valence-electron chi connectivity index (χ0n) is 39.8. The topological polar surface area (TPSA) is 78.9 Å². The number of allylic oxidation sites excluding steroid dienone is 2. The fraction of sp³-hybridized carbons (Fsp3) is 0.906. The molecule has 0 saturated carbocycles. The first kappa shape index (κ1) is 57.1. The molecule has 0 heterocycles. The smallest absolute Gasteiger partial charge is 0.306 e. The van der Waals surface area contributed by atoms with Crippen molar-refractivity contribution in [3.05, 3.63) is 12.2 Å². The van der Waals surface area contributed by atoms with Gasteiger partial charge in [-0.05, 0) is 44.9 Å². The Bertz CT molecular complexity index is 916. The van der Waals surface area contributed by atoms with Crippen molar-refractivity contribution in [2.45, 2.75) is 297 Å². The van der Waals surface area contributed by atoms with Gasteiger partial charge in [0.25, 0.3) is 0 Å². The van der Waals surface area contributed by atoms with Crippen LogP contribution in [0.3, 0.4) is 0 Å². The van der Waals surface area contributed by atoms with E-state index in [4.69, 9.17) is 14.2 Å². The summed E-state index contributed by atoms with van der Waals surface area (Å²) >= 11 is 0. The molecule has 0 aromatic rings. The second-order valence-corrected chi connectivity index (χ2v) is 17.8. The van der Waals surface area contributed by atoms with Crippen LogP contribution in [0.1, 0.15) is 290 Å². The van der Waals surface area contributed by atoms with Crippen molar-refractivity contribution < 1.29 is 28.6 Å². The van der Waals surface area contributed by atoms with Crippen LogP contribution < -0.4 is 0 Å². The minimum absolute atomic E-state index is 0.0680. The van der Waals surface area contributed by atoms with Crippen molar-refractivity contribution in [3.8, 4) is 0 Å². The average molecular weight is 833 g/mol. The Morgan fingerprint density at radius 3 is 0.847 bits per heavy atom. The number of carbonyl (C=O) groups excluding carboxylic acids is 3. The maximum absolute atomic E-state index is 12.8. The predicted octanol–water partition coefficient (Wildman–Crippen LogP) is 17.0. The summed E-state index contributed by atoms with van der Waals surface area (Å²) in [5, 5.41) is 0. The maximum Gasteiger partial charge on any atom is 0.306 e. The highest BCUT2D eigenvalue weighted by atomic mass is 16.6. The molecule has 0 saturated heterocycles. The van der Waals surface area contributed by atoms with Crippen molar-refractivity contribution in [1.82, 2.24) is 0 Å². The number of rotatable bonds is 48. The van der Waals surface area contributed by atoms with Gasteiger partial charge in [0.1, 0.15) is 13.2 Å². The summed E-state index contributed by atoms with van der Waals surface area (Å²) in [6, 6.07) is 0. The molecule has 0 N–H and O–H groups in total. The van der Waals surface area contributed by atoms with E-state index in [9.17, 15) is 14.4 Å². The second kappa shape index (κ2) is 48.8. The molecule has 6 heteroatoms. The Labute approximate surface area is 367 Å². The first-order valence-corrected chi connectivity index (χ1v) is 26.2. The third-order valence-corrected chi connectivity index (χ3v) is 11.8. The van der Waals surface area contributed by atoms with Crippen molar-refractivity contribution in [1.29, 1.82) is 0 Å². The monoisotopic (exact) mass is 833 g/mol. The lowest BCUT2D eigenvalue weighted by atomic mass is 10.0. The van der Waals surface area contributed by atoms with E-state index in [1.54, 1.807) is 0 Å². The Morgan fingerprint density at radius 1 is 0.322 bits per heavy atom. The zero-order chi connectivity index (χ0) is 43.0. The van der Waals surface area contributed by atoms with E-state index < -0.39 is 6.10 Å². The molecule has 0 aromatic heterocycles. The standard InChI is InChI=1S/C53H100O6/c1-4-7-10-13-16-19-22-24-26-28-31-34-37-40-43-46-52(55)58-49-50(48-57-51(54)45-42-39-36-33-30-21-18-15-12-9-6-3)59-53(56)47-44-41-38-35-32-29-27-25-23-20-17-14-11-8-5-2/h25,27,50H,4-24,26,28-49H2,1-3H3/b27-25-/t50-/m0/s1. The molecule has 0 aliphatic heterocycles. The van der Waals surface area contributed by atoms with Crippen LogP contribution in [0.5, 0.6) is 0 Å². The Morgan fingerprint density at radius 2 is 0.559 bits per heavy atom. The van der Waals surface area contributed by atoms with Crippen molar-refractivity contribution >= 4 is 17.9 Å². The number of ether oxygens (including phenoxy) is 3. The van der Waals surface area contributed by atoms with Gasteiger partial charge in [0.2, 0.25) is 0 Å². The zero-order valence-corrected chi connectivity index (χ0v) is 39.8. The molecule has 6 nitrogen and oxygen atoms in total. The first-order chi connectivity index (χ1) is 29.0. The van der Waals surface area contributed by atoms with Crippen LogP contribution in [0.4, 0.5) is 0 Å². The van der Waals surface area contributed by atoms with E-state index in [2.05, 4.69) is 32.9 Å². The van der Waals surface area contributed by atoms with Crippen LogP contribution in [0.2, 0.25) is 0 Å². The lowest BCUT2D eigenvalue weighted by Gasteiger charge is -2.18. The fourth-order valence-electron chi connectivity index (χ4n) is 7.79. The SMILES string of the molecule is CCCCCCCC/C=C\CCCCCCCC(=O)O[C@@H](COC(=O)CCCCCCCCCCCCC)COC(=O)CCCCCCCCCCCCCCCCC. The Kier molecular flexibility index (Phi) is 47.3. The molecule has 0 bridgehead atoms. The summed E-state index contributed by atoms with van der Waals surface area (Å²) in [5.41, 5.74) is 0. The summed E-state index contributed by atoms with van der Waals surface area (Å²) < 4.78 is 16.8. The number of carbonyl (C=O) groups is 3. The van der Waals surface area contributed by atoms with Crippen LogP contribution in [0, 0.1) is 0 Å². The van der Waals surface area contributed by atoms with Gasteiger partial charge in [-0.3, -0.25) is 14.4 Å². The molecule has 0 spiro atoms. The third-order valence-electron chi connectivity index (χ3n) is 11.8. The molecule has 0 fully saturated rings. The van der Waals surface area contributed by atoms with E-state index in [-0.39, 0.29) is 31.1 Å². The van der Waals surface area contributed by atoms with Gasteiger partial charge in [0.05, 0.1) is 0 Å². The highest BCUT2D eigenvalue weighted by Gasteiger charge is 2.19. The molecule has 0 aliphatic rings. The molecule has 0 aliphatic carbocycles. The fourth-order valence-corrected chi connectivity index (χ4v) is 7.79. The van der Waals surface area contributed by atoms with E-state index >= 15 is 0 Å². The summed E-state index contributed by atoms with van der Waals surface area (Å²) in [7, 11) is 0. The van der Waals surface area contributed by atoms with Gasteiger partial charge in [-0.1, -0.05) is 238 Å². The molecule has 0 radical (unpaired) electrons. The maximum atomic E-state index is 12.8. The largest absolute Gasteiger partial charge is 0.462 e. The molecule has 0 aromatic carbocycles. The normalized spacial score (nSPS) is 12.0. The van der Waals surface area contributed by atoms with E-state index in [1.807, 2.05) is 0 Å². The summed E-state index contributed by atoms with van der Waals surface area (Å²) in [6.45, 7) is 6.65. The Balaban J connectivity index is 4.32. The number of hydrogen-bond acceptors (Lipinski definition) is 6. The van der Waals surface area contributed by atoms with Gasteiger partial charge >= 0.3 is 17.9 Å². The lowest BCUT2D eigenvalue weighted by molar-refractivity contribution is -0.167. The number of esters is 3. The van der Waals surface area contributed by atoms with E-state index in [1.165, 1.54) is 186 Å². The highest BCUT2D eigenvalue weighted by molar-refractivity contribution is 5.71. The van der Waals surface area contributed by atoms with Crippen LogP contribution in [-0.4, -0.2) is 37.2 Å². The first-order valence-electron chi connectivity index (χ1n) is 26.2. The van der Waals surface area contributed by atoms with Gasteiger partial charge in [0, 0.05) is 19.3 Å². The van der Waals surface area contributed by atoms with Crippen LogP contribution in [0.25, 0.3) is 0 Å². The highest BCUT2D eigenvalue weighted by Crippen LogP contribution is 2.16. The number of unbranched alkanes of at least 4 members (excludes halogenated alkanes) is 35. The second-order valence-electron chi connectivity index (χ2n) is 17.8. The summed E-state index contributed by atoms with van der Waals surface area (Å²) in [6.07, 6.45) is 53.3. The molecule has 1 atom stereocenters. The number of hydrogen-bond donors (Lipinski definition) is 0. The van der Waals surface area contributed by atoms with Crippen LogP contribution >= 0.6 is 0 Å². The van der Waals surface area contributed by atoms with Gasteiger partial charge in [-0.15, -0.1) is 0 Å². The summed E-state index contributed by atoms with van der Waals surface area (Å²) in [5.74, 6) is -0.860. The van der Waals surface area contributed by atoms with E-state index in [0.717, 1.165) is 64.2 Å². The minimum Gasteiger partial charge on any atom is -0.462 e. The quantitative estimate of drug-likeness (QED) is 0.0263.